The Labute approximate surface area is 245 Å². The summed E-state index contributed by atoms with van der Waals surface area (Å²) in [5.41, 5.74) is 2.07. The zero-order valence-corrected chi connectivity index (χ0v) is 23.0. The van der Waals surface area contributed by atoms with Crippen LogP contribution in [-0.4, -0.2) is 50.2 Å². The number of piperidine rings is 1. The summed E-state index contributed by atoms with van der Waals surface area (Å²) in [4.78, 5) is 23.3. The highest BCUT2D eigenvalue weighted by molar-refractivity contribution is 5.95. The van der Waals surface area contributed by atoms with Gasteiger partial charge in [-0.1, -0.05) is 12.1 Å². The predicted molar refractivity (Wildman–Crippen MR) is 149 cm³/mol. The van der Waals surface area contributed by atoms with Crippen LogP contribution >= 0.6 is 0 Å². The molecule has 2 fully saturated rings. The van der Waals surface area contributed by atoms with Gasteiger partial charge in [0.1, 0.15) is 23.8 Å². The summed E-state index contributed by atoms with van der Waals surface area (Å²) >= 11 is 0. The van der Waals surface area contributed by atoms with E-state index in [9.17, 15) is 23.1 Å². The van der Waals surface area contributed by atoms with Gasteiger partial charge < -0.3 is 19.1 Å². The number of aromatic nitrogens is 3. The molecule has 1 aliphatic heterocycles. The Kier molecular flexibility index (Phi) is 7.90. The minimum Gasteiger partial charge on any atom is -0.478 e. The number of halogens is 3. The maximum atomic E-state index is 14.2. The van der Waals surface area contributed by atoms with Crippen molar-refractivity contribution in [3.63, 3.8) is 0 Å². The molecule has 3 heterocycles. The van der Waals surface area contributed by atoms with Gasteiger partial charge in [0.2, 0.25) is 5.88 Å². The van der Waals surface area contributed by atoms with E-state index in [0.717, 1.165) is 50.5 Å². The summed E-state index contributed by atoms with van der Waals surface area (Å²) in [6.07, 6.45) is 3.47. The number of fused-ring (bicyclic) bond motifs is 1. The highest BCUT2D eigenvalue weighted by atomic mass is 19.3. The predicted octanol–water partition coefficient (Wildman–Crippen LogP) is 6.04. The fourth-order valence-electron chi connectivity index (χ4n) is 5.58. The Hall–Kier alpha value is -4.63. The molecule has 1 saturated heterocycles. The largest absolute Gasteiger partial charge is 0.478 e. The summed E-state index contributed by atoms with van der Waals surface area (Å²) in [6, 6.07) is 14.4. The number of rotatable bonds is 10. The van der Waals surface area contributed by atoms with Crippen LogP contribution in [0.2, 0.25) is 0 Å². The molecule has 2 aliphatic rings. The Morgan fingerprint density at radius 3 is 2.56 bits per heavy atom. The molecule has 6 rings (SSSR count). The zero-order chi connectivity index (χ0) is 30.1. The van der Waals surface area contributed by atoms with E-state index >= 15 is 0 Å². The molecule has 0 spiro atoms. The summed E-state index contributed by atoms with van der Waals surface area (Å²) in [7, 11) is 0. The van der Waals surface area contributed by atoms with Gasteiger partial charge in [-0.2, -0.15) is 14.0 Å². The lowest BCUT2D eigenvalue weighted by Gasteiger charge is -2.31. The normalized spacial score (nSPS) is 16.0. The summed E-state index contributed by atoms with van der Waals surface area (Å²) in [5, 5.41) is 18.5. The van der Waals surface area contributed by atoms with Crippen molar-refractivity contribution in [2.45, 2.75) is 57.4 Å². The monoisotopic (exact) mass is 591 g/mol. The van der Waals surface area contributed by atoms with E-state index in [1.807, 2.05) is 22.8 Å². The lowest BCUT2D eigenvalue weighted by atomic mass is 9.93. The average Bonchev–Trinajstić information content (AvgIpc) is 3.77. The number of hydrogen-bond donors (Lipinski definition) is 1. The second-order valence-electron chi connectivity index (χ2n) is 10.8. The summed E-state index contributed by atoms with van der Waals surface area (Å²) in [5.74, 6) is -0.682. The van der Waals surface area contributed by atoms with Crippen molar-refractivity contribution in [3.05, 3.63) is 82.6 Å². The van der Waals surface area contributed by atoms with Gasteiger partial charge in [0, 0.05) is 29.3 Å². The van der Waals surface area contributed by atoms with E-state index in [-0.39, 0.29) is 41.0 Å². The number of likely N-dealkylation sites (tertiary alicyclic amines) is 1. The topological polar surface area (TPSA) is 113 Å². The number of carboxylic acids is 1. The van der Waals surface area contributed by atoms with E-state index in [0.29, 0.717) is 29.3 Å². The number of pyridine rings is 1. The Morgan fingerprint density at radius 1 is 1.09 bits per heavy atom. The maximum Gasteiger partial charge on any atom is 0.387 e. The number of carbonyl (C=O) groups is 1. The van der Waals surface area contributed by atoms with Crippen LogP contribution in [0.3, 0.4) is 0 Å². The minimum absolute atomic E-state index is 0.00748. The molecular weight excluding hydrogens is 563 g/mol. The van der Waals surface area contributed by atoms with E-state index in [1.54, 1.807) is 12.1 Å². The van der Waals surface area contributed by atoms with E-state index < -0.39 is 18.4 Å². The van der Waals surface area contributed by atoms with Gasteiger partial charge in [-0.3, -0.25) is 4.90 Å². The number of ether oxygens (including phenoxy) is 2. The number of carboxylic acid groups (broad SMARTS) is 1. The van der Waals surface area contributed by atoms with Crippen LogP contribution in [0.15, 0.2) is 48.5 Å². The van der Waals surface area contributed by atoms with Crippen molar-refractivity contribution in [2.24, 2.45) is 0 Å². The molecule has 0 amide bonds. The van der Waals surface area contributed by atoms with Gasteiger partial charge in [-0.25, -0.2) is 19.2 Å². The quantitative estimate of drug-likeness (QED) is 0.238. The van der Waals surface area contributed by atoms with Gasteiger partial charge >= 0.3 is 12.6 Å². The van der Waals surface area contributed by atoms with Crippen molar-refractivity contribution in [1.29, 1.82) is 5.26 Å². The lowest BCUT2D eigenvalue weighted by Crippen LogP contribution is -2.33. The molecule has 9 nitrogen and oxygen atoms in total. The molecule has 4 aromatic rings. The SMILES string of the molecule is N#Cc1ccc(COc2cccc(C3CCN(Cc4nc5c(OC(F)F)cc(C(=O)O)cc5n4C4CC4)CC3)n2)c(F)c1. The smallest absolute Gasteiger partial charge is 0.387 e. The van der Waals surface area contributed by atoms with Gasteiger partial charge in [0.25, 0.3) is 0 Å². The maximum absolute atomic E-state index is 14.2. The third-order valence-corrected chi connectivity index (χ3v) is 7.88. The zero-order valence-electron chi connectivity index (χ0n) is 23.0. The molecule has 2 aromatic heterocycles. The minimum atomic E-state index is -3.10. The summed E-state index contributed by atoms with van der Waals surface area (Å²) in [6.45, 7) is -1.12. The van der Waals surface area contributed by atoms with Gasteiger partial charge in [-0.15, -0.1) is 0 Å². The first-order chi connectivity index (χ1) is 20.8. The average molecular weight is 592 g/mol. The fraction of sp³-hybridized carbons (Fsp3) is 0.355. The molecule has 43 heavy (non-hydrogen) atoms. The van der Waals surface area contributed by atoms with Crippen LogP contribution in [-0.2, 0) is 13.2 Å². The molecule has 0 unspecified atom stereocenters. The molecular formula is C31H28F3N5O4. The second kappa shape index (κ2) is 11.9. The van der Waals surface area contributed by atoms with Crippen LogP contribution in [0.4, 0.5) is 13.2 Å². The standard InChI is InChI=1S/C31H28F3N5O4/c32-23-12-18(15-35)4-5-20(23)17-42-28-3-1-2-24(36-28)19-8-10-38(11-9-19)16-27-37-29-25(39(27)22-6-7-22)13-21(30(40)41)14-26(29)43-31(33)34/h1-5,12-14,19,22,31H,6-11,16-17H2,(H,40,41). The van der Waals surface area contributed by atoms with Crippen LogP contribution < -0.4 is 9.47 Å². The van der Waals surface area contributed by atoms with Crippen molar-refractivity contribution < 1.29 is 32.5 Å². The molecule has 2 aromatic carbocycles. The third-order valence-electron chi connectivity index (χ3n) is 7.88. The van der Waals surface area contributed by atoms with Gasteiger partial charge in [0.15, 0.2) is 5.75 Å². The van der Waals surface area contributed by atoms with Crippen LogP contribution in [0.5, 0.6) is 11.6 Å². The number of nitrogens with zero attached hydrogens (tertiary/aromatic N) is 5. The molecule has 0 atom stereocenters. The first-order valence-electron chi connectivity index (χ1n) is 14.0. The van der Waals surface area contributed by atoms with Gasteiger partial charge in [-0.05, 0) is 69.1 Å². The Balaban J connectivity index is 1.14. The number of alkyl halides is 2. The van der Waals surface area contributed by atoms with Crippen LogP contribution in [0, 0.1) is 17.1 Å². The number of hydrogen-bond acceptors (Lipinski definition) is 7. The van der Waals surface area contributed by atoms with Crippen LogP contribution in [0.1, 0.15) is 70.6 Å². The lowest BCUT2D eigenvalue weighted by molar-refractivity contribution is -0.0489. The molecule has 1 N–H and O–H groups in total. The first kappa shape index (κ1) is 28.5. The highest BCUT2D eigenvalue weighted by Gasteiger charge is 2.32. The van der Waals surface area contributed by atoms with E-state index in [2.05, 4.69) is 19.6 Å². The fourth-order valence-corrected chi connectivity index (χ4v) is 5.58. The summed E-state index contributed by atoms with van der Waals surface area (Å²) < 4.78 is 52.9. The highest BCUT2D eigenvalue weighted by Crippen LogP contribution is 2.41. The number of imidazole rings is 1. The van der Waals surface area contributed by atoms with Crippen molar-refractivity contribution in [3.8, 4) is 17.7 Å². The van der Waals surface area contributed by atoms with E-state index in [4.69, 9.17) is 10.00 Å². The number of benzene rings is 2. The molecule has 1 saturated carbocycles. The molecule has 12 heteroatoms. The third kappa shape index (κ3) is 6.27. The van der Waals surface area contributed by atoms with Crippen molar-refractivity contribution in [1.82, 2.24) is 19.4 Å². The van der Waals surface area contributed by atoms with Crippen molar-refractivity contribution in [2.75, 3.05) is 13.1 Å². The Bertz CT molecular complexity index is 1710. The molecule has 1 aliphatic carbocycles. The first-order valence-corrected chi connectivity index (χ1v) is 14.0. The number of aromatic carboxylic acids is 1. The van der Waals surface area contributed by atoms with Gasteiger partial charge in [0.05, 0.1) is 29.3 Å². The molecule has 0 radical (unpaired) electrons. The second-order valence-corrected chi connectivity index (χ2v) is 10.8. The van der Waals surface area contributed by atoms with Crippen molar-refractivity contribution >= 4 is 17.0 Å². The number of nitriles is 1. The Morgan fingerprint density at radius 2 is 1.88 bits per heavy atom. The van der Waals surface area contributed by atoms with E-state index in [1.165, 1.54) is 18.2 Å². The molecule has 0 bridgehead atoms. The molecule has 222 valence electrons. The van der Waals surface area contributed by atoms with Crippen LogP contribution in [0.25, 0.3) is 11.0 Å².